The molecule has 0 spiro atoms. The fourth-order valence-corrected chi connectivity index (χ4v) is 2.71. The van der Waals surface area contributed by atoms with Crippen molar-refractivity contribution < 1.29 is 19.2 Å². The molecule has 1 saturated carbocycles. The number of hydrogen-bond acceptors (Lipinski definition) is 6. The molecule has 28 heavy (non-hydrogen) atoms. The van der Waals surface area contributed by atoms with Crippen LogP contribution in [0.5, 0.6) is 0 Å². The highest BCUT2D eigenvalue weighted by Crippen LogP contribution is 2.31. The number of esters is 1. The molecular formula is C19H18ClN3O5. The van der Waals surface area contributed by atoms with E-state index >= 15 is 0 Å². The lowest BCUT2D eigenvalue weighted by Gasteiger charge is -2.09. The molecule has 1 fully saturated rings. The zero-order valence-corrected chi connectivity index (χ0v) is 15.6. The minimum Gasteiger partial charge on any atom is -0.452 e. The molecule has 9 heteroatoms. The predicted molar refractivity (Wildman–Crippen MR) is 103 cm³/mol. The van der Waals surface area contributed by atoms with Gasteiger partial charge in [0.2, 0.25) is 0 Å². The molecule has 0 unspecified atom stereocenters. The average Bonchev–Trinajstić information content (AvgIpc) is 3.48. The highest BCUT2D eigenvalue weighted by Gasteiger charge is 2.26. The summed E-state index contributed by atoms with van der Waals surface area (Å²) in [5, 5.41) is 17.5. The molecule has 2 aromatic carbocycles. The van der Waals surface area contributed by atoms with Crippen LogP contribution in [0, 0.1) is 10.1 Å². The maximum Gasteiger partial charge on any atom is 0.338 e. The molecule has 2 N–H and O–H groups in total. The van der Waals surface area contributed by atoms with Crippen molar-refractivity contribution in [1.29, 1.82) is 0 Å². The third-order valence-electron chi connectivity index (χ3n) is 4.08. The molecule has 0 heterocycles. The van der Waals surface area contributed by atoms with Crippen LogP contribution in [0.4, 0.5) is 11.4 Å². The molecule has 1 aliphatic rings. The van der Waals surface area contributed by atoms with Gasteiger partial charge in [-0.15, -0.1) is 0 Å². The molecule has 3 rings (SSSR count). The van der Waals surface area contributed by atoms with E-state index in [-0.39, 0.29) is 23.8 Å². The van der Waals surface area contributed by atoms with Gasteiger partial charge >= 0.3 is 5.97 Å². The summed E-state index contributed by atoms with van der Waals surface area (Å²) < 4.78 is 4.95. The number of carbonyl (C=O) groups excluding carboxylic acids is 2. The van der Waals surface area contributed by atoms with Gasteiger partial charge in [0.05, 0.1) is 10.5 Å². The number of carbonyl (C=O) groups is 2. The van der Waals surface area contributed by atoms with Crippen LogP contribution in [0.2, 0.25) is 5.02 Å². The van der Waals surface area contributed by atoms with Gasteiger partial charge < -0.3 is 15.4 Å². The lowest BCUT2D eigenvalue weighted by molar-refractivity contribution is -0.384. The zero-order valence-electron chi connectivity index (χ0n) is 14.8. The van der Waals surface area contributed by atoms with Crippen LogP contribution in [0.3, 0.4) is 0 Å². The molecule has 8 nitrogen and oxygen atoms in total. The van der Waals surface area contributed by atoms with E-state index in [1.807, 2.05) is 0 Å². The van der Waals surface area contributed by atoms with Crippen LogP contribution in [0.15, 0.2) is 42.5 Å². The second kappa shape index (κ2) is 8.71. The predicted octanol–water partition coefficient (Wildman–Crippen LogP) is 3.30. The van der Waals surface area contributed by atoms with Gasteiger partial charge in [0.15, 0.2) is 6.61 Å². The summed E-state index contributed by atoms with van der Waals surface area (Å²) in [6.45, 7) is -0.251. The van der Waals surface area contributed by atoms with Gasteiger partial charge in [-0.05, 0) is 42.7 Å². The summed E-state index contributed by atoms with van der Waals surface area (Å²) in [5.74, 6) is -1.30. The first-order valence-electron chi connectivity index (χ1n) is 8.65. The van der Waals surface area contributed by atoms with Gasteiger partial charge in [-0.25, -0.2) is 4.79 Å². The summed E-state index contributed by atoms with van der Waals surface area (Å²) in [5.41, 5.74) is 0.979. The largest absolute Gasteiger partial charge is 0.452 e. The molecule has 146 valence electrons. The third-order valence-corrected chi connectivity index (χ3v) is 4.32. The summed E-state index contributed by atoms with van der Waals surface area (Å²) in [7, 11) is 0. The second-order valence-corrected chi connectivity index (χ2v) is 6.83. The van der Waals surface area contributed by atoms with Crippen molar-refractivity contribution in [3.05, 3.63) is 68.7 Å². The van der Waals surface area contributed by atoms with Crippen molar-refractivity contribution in [2.45, 2.75) is 25.4 Å². The van der Waals surface area contributed by atoms with Gasteiger partial charge in [0.25, 0.3) is 11.6 Å². The summed E-state index contributed by atoms with van der Waals surface area (Å²) in [4.78, 5) is 34.7. The average molecular weight is 404 g/mol. The highest BCUT2D eigenvalue weighted by atomic mass is 35.5. The van der Waals surface area contributed by atoms with Crippen LogP contribution in [-0.4, -0.2) is 29.4 Å². The van der Waals surface area contributed by atoms with Gasteiger partial charge in [-0.2, -0.15) is 0 Å². The molecule has 1 amide bonds. The van der Waals surface area contributed by atoms with Crippen LogP contribution in [0.1, 0.15) is 28.8 Å². The van der Waals surface area contributed by atoms with E-state index in [0.29, 0.717) is 10.7 Å². The Kier molecular flexibility index (Phi) is 6.10. The van der Waals surface area contributed by atoms with Gasteiger partial charge in [0, 0.05) is 23.7 Å². The van der Waals surface area contributed by atoms with Crippen LogP contribution in [-0.2, 0) is 16.1 Å². The van der Waals surface area contributed by atoms with Gasteiger partial charge in [0.1, 0.15) is 5.69 Å². The number of hydrogen-bond donors (Lipinski definition) is 2. The Balaban J connectivity index is 1.54. The molecule has 1 aliphatic carbocycles. The number of nitrogens with zero attached hydrogens (tertiary/aromatic N) is 1. The van der Waals surface area contributed by atoms with E-state index in [1.165, 1.54) is 12.1 Å². The Morgan fingerprint density at radius 1 is 1.21 bits per heavy atom. The van der Waals surface area contributed by atoms with E-state index < -0.39 is 23.4 Å². The van der Waals surface area contributed by atoms with Crippen molar-refractivity contribution in [3.8, 4) is 0 Å². The first-order chi connectivity index (χ1) is 13.4. The molecule has 0 aromatic heterocycles. The summed E-state index contributed by atoms with van der Waals surface area (Å²) in [6, 6.07) is 11.3. The van der Waals surface area contributed by atoms with E-state index in [4.69, 9.17) is 16.3 Å². The molecule has 0 bridgehead atoms. The Morgan fingerprint density at radius 2 is 2.00 bits per heavy atom. The van der Waals surface area contributed by atoms with Crippen LogP contribution in [0.25, 0.3) is 0 Å². The number of nitro benzene ring substituents is 1. The molecular weight excluding hydrogens is 386 g/mol. The third kappa shape index (κ3) is 5.43. The Hall–Kier alpha value is -3.13. The number of amides is 1. The second-order valence-electron chi connectivity index (χ2n) is 6.39. The number of ether oxygens (including phenoxy) is 1. The molecule has 0 radical (unpaired) electrons. The number of halogens is 1. The first kappa shape index (κ1) is 19.6. The van der Waals surface area contributed by atoms with Crippen molar-refractivity contribution in [2.75, 3.05) is 11.9 Å². The topological polar surface area (TPSA) is 111 Å². The zero-order chi connectivity index (χ0) is 20.1. The Morgan fingerprint density at radius 3 is 2.68 bits per heavy atom. The van der Waals surface area contributed by atoms with E-state index in [2.05, 4.69) is 10.6 Å². The fourth-order valence-electron chi connectivity index (χ4n) is 2.49. The SMILES string of the molecule is O=C(COC(=O)c1ccc(NC2CC2)c([N+](=O)[O-])c1)NCc1cccc(Cl)c1. The number of anilines is 1. The monoisotopic (exact) mass is 403 g/mol. The van der Waals surface area contributed by atoms with Gasteiger partial charge in [-0.3, -0.25) is 14.9 Å². The van der Waals surface area contributed by atoms with Crippen molar-refractivity contribution in [3.63, 3.8) is 0 Å². The highest BCUT2D eigenvalue weighted by molar-refractivity contribution is 6.30. The standard InChI is InChI=1S/C19H18ClN3O5/c20-14-3-1-2-12(8-14)10-21-18(24)11-28-19(25)13-4-7-16(22-15-5-6-15)17(9-13)23(26)27/h1-4,7-9,15,22H,5-6,10-11H2,(H,21,24). The fraction of sp³-hybridized carbons (Fsp3) is 0.263. The number of nitro groups is 1. The molecule has 2 aromatic rings. The maximum absolute atomic E-state index is 12.1. The maximum atomic E-state index is 12.1. The molecule has 0 saturated heterocycles. The lowest BCUT2D eigenvalue weighted by atomic mass is 10.1. The summed E-state index contributed by atoms with van der Waals surface area (Å²) >= 11 is 5.87. The van der Waals surface area contributed by atoms with E-state index in [1.54, 1.807) is 24.3 Å². The van der Waals surface area contributed by atoms with E-state index in [9.17, 15) is 19.7 Å². The smallest absolute Gasteiger partial charge is 0.338 e. The van der Waals surface area contributed by atoms with Crippen molar-refractivity contribution in [1.82, 2.24) is 5.32 Å². The van der Waals surface area contributed by atoms with Crippen molar-refractivity contribution in [2.24, 2.45) is 0 Å². The van der Waals surface area contributed by atoms with Crippen LogP contribution >= 0.6 is 11.6 Å². The van der Waals surface area contributed by atoms with Crippen molar-refractivity contribution >= 4 is 34.9 Å². The minimum absolute atomic E-state index is 0.00990. The number of benzene rings is 2. The minimum atomic E-state index is -0.807. The Labute approximate surface area is 166 Å². The quantitative estimate of drug-likeness (QED) is 0.397. The molecule has 0 aliphatic heterocycles. The first-order valence-corrected chi connectivity index (χ1v) is 9.03. The lowest BCUT2D eigenvalue weighted by Crippen LogP contribution is -2.28. The van der Waals surface area contributed by atoms with Gasteiger partial charge in [-0.1, -0.05) is 23.7 Å². The normalized spacial score (nSPS) is 12.9. The number of rotatable bonds is 8. The summed E-state index contributed by atoms with van der Waals surface area (Å²) in [6.07, 6.45) is 1.93. The number of nitrogens with one attached hydrogen (secondary N) is 2. The Bertz CT molecular complexity index is 914. The van der Waals surface area contributed by atoms with Crippen LogP contribution < -0.4 is 10.6 Å². The molecule has 0 atom stereocenters. The van der Waals surface area contributed by atoms with E-state index in [0.717, 1.165) is 24.5 Å².